The molecule has 2 aromatic rings. The molecule has 0 bridgehead atoms. The average Bonchev–Trinajstić information content (AvgIpc) is 0.770. The third-order valence-corrected chi connectivity index (χ3v) is 25.0. The molecular formula is C118H200N2Ni+2. The molecule has 0 spiro atoms. The van der Waals surface area contributed by atoms with Crippen LogP contribution in [-0.2, 0) is 80.7 Å². The van der Waals surface area contributed by atoms with Gasteiger partial charge >= 0.3 is 16.5 Å². The molecule has 0 saturated carbocycles. The van der Waals surface area contributed by atoms with Crippen molar-refractivity contribution in [3.05, 3.63) is 177 Å². The van der Waals surface area contributed by atoms with Gasteiger partial charge in [-0.1, -0.05) is 397 Å². The first kappa shape index (κ1) is 115. The van der Waals surface area contributed by atoms with Gasteiger partial charge in [0.15, 0.2) is 0 Å². The Morgan fingerprint density at radius 3 is 0.488 bits per heavy atom. The average molecular weight is 1710 g/mol. The number of nitrogens with zero attached hydrogens (tertiary/aromatic N) is 2. The topological polar surface area (TPSA) is 24.7 Å². The van der Waals surface area contributed by atoms with Gasteiger partial charge in [-0.25, -0.2) is 0 Å². The number of rotatable bonds is 86. The third-order valence-electron chi connectivity index (χ3n) is 25.0. The minimum atomic E-state index is 0. The van der Waals surface area contributed by atoms with E-state index < -0.39 is 0 Å². The maximum absolute atomic E-state index is 6.54. The Morgan fingerprint density at radius 2 is 0.314 bits per heavy atom. The van der Waals surface area contributed by atoms with Crippen molar-refractivity contribution in [1.82, 2.24) is 0 Å². The first-order valence-electron chi connectivity index (χ1n) is 53.4. The molecule has 0 unspecified atom stereocenters. The van der Waals surface area contributed by atoms with Crippen LogP contribution in [-0.4, -0.2) is 11.9 Å². The van der Waals surface area contributed by atoms with E-state index in [4.69, 9.17) is 9.98 Å². The SMILES string of the molecule is CCCCCC/C=C/CCc1c(CC/C=C/CCCCCC)c(CC/C=C/CCCCCC)c(N=CC(CCCC)=Nc2c(CC/C=C/CCCCCC)c(CC/C=C/CCCCCC)c(CC/C=C/CCCCCC)c(CC/C=C/CCCCCC)c2CC/C=C/CCCCCC)c(CC/C=C/CCCCCC)c1CC/C=C/CCCCCC.[Ni+2]. The number of unbranched alkanes of at least 4 members (excludes halogenated alkanes) is 41. The summed E-state index contributed by atoms with van der Waals surface area (Å²) in [5.74, 6) is 0. The monoisotopic (exact) mass is 1700 g/mol. The van der Waals surface area contributed by atoms with Crippen LogP contribution in [0.5, 0.6) is 0 Å². The fourth-order valence-corrected chi connectivity index (χ4v) is 17.5. The van der Waals surface area contributed by atoms with Crippen LogP contribution in [0.1, 0.15) is 536 Å². The summed E-state index contributed by atoms with van der Waals surface area (Å²) < 4.78 is 0. The third kappa shape index (κ3) is 60.9. The minimum Gasteiger partial charge on any atom is -0.254 e. The summed E-state index contributed by atoms with van der Waals surface area (Å²) in [5.41, 5.74) is 19.9. The molecule has 121 heavy (non-hydrogen) atoms. The zero-order valence-corrected chi connectivity index (χ0v) is 83.4. The van der Waals surface area contributed by atoms with Crippen molar-refractivity contribution in [3.63, 3.8) is 0 Å². The van der Waals surface area contributed by atoms with Gasteiger partial charge in [0, 0.05) is 6.21 Å². The number of hydrogen-bond acceptors (Lipinski definition) is 2. The van der Waals surface area contributed by atoms with E-state index in [1.54, 1.807) is 55.6 Å². The van der Waals surface area contributed by atoms with Crippen molar-refractivity contribution in [2.75, 3.05) is 0 Å². The first-order valence-corrected chi connectivity index (χ1v) is 53.4. The van der Waals surface area contributed by atoms with E-state index >= 15 is 0 Å². The first-order chi connectivity index (χ1) is 59.4. The van der Waals surface area contributed by atoms with Crippen LogP contribution < -0.4 is 0 Å². The van der Waals surface area contributed by atoms with E-state index in [1.807, 2.05) is 0 Å². The molecule has 0 atom stereocenters. The second kappa shape index (κ2) is 89.1. The fourth-order valence-electron chi connectivity index (χ4n) is 17.5. The van der Waals surface area contributed by atoms with Crippen LogP contribution in [0.4, 0.5) is 11.4 Å². The molecule has 0 N–H and O–H groups in total. The van der Waals surface area contributed by atoms with Crippen molar-refractivity contribution < 1.29 is 16.5 Å². The predicted octanol–water partition coefficient (Wildman–Crippen LogP) is 39.9. The largest absolute Gasteiger partial charge is 2.00 e. The molecule has 3 heteroatoms. The molecule has 0 heterocycles. The van der Waals surface area contributed by atoms with E-state index in [-0.39, 0.29) is 16.5 Å². The Labute approximate surface area is 766 Å². The molecule has 0 aromatic heterocycles. The van der Waals surface area contributed by atoms with Crippen molar-refractivity contribution in [3.8, 4) is 0 Å². The van der Waals surface area contributed by atoms with Crippen LogP contribution in [0.2, 0.25) is 0 Å². The van der Waals surface area contributed by atoms with Crippen LogP contribution in [0, 0.1) is 0 Å². The minimum absolute atomic E-state index is 0. The van der Waals surface area contributed by atoms with E-state index in [0.717, 1.165) is 148 Å². The molecular weight excluding hydrogens is 1500 g/mol. The summed E-state index contributed by atoms with van der Waals surface area (Å²) in [7, 11) is 0. The van der Waals surface area contributed by atoms with Gasteiger partial charge in [-0.3, -0.25) is 9.98 Å². The summed E-state index contributed by atoms with van der Waals surface area (Å²) in [6.45, 7) is 25.9. The number of aliphatic imine (C=N–C) groups is 2. The second-order valence-electron chi connectivity index (χ2n) is 36.0. The summed E-state index contributed by atoms with van der Waals surface area (Å²) in [6, 6.07) is 0. The van der Waals surface area contributed by atoms with E-state index in [1.165, 1.54) is 338 Å². The quantitative estimate of drug-likeness (QED) is 0.0273. The van der Waals surface area contributed by atoms with E-state index in [0.29, 0.717) is 0 Å². The van der Waals surface area contributed by atoms with Crippen molar-refractivity contribution in [2.24, 2.45) is 9.98 Å². The van der Waals surface area contributed by atoms with Gasteiger partial charge in [0.05, 0.1) is 17.1 Å². The normalized spacial score (nSPS) is 12.6. The molecule has 2 rings (SSSR count). The molecule has 0 fully saturated rings. The van der Waals surface area contributed by atoms with Gasteiger partial charge < -0.3 is 0 Å². The number of hydrogen-bond donors (Lipinski definition) is 0. The van der Waals surface area contributed by atoms with Crippen LogP contribution >= 0.6 is 0 Å². The Balaban J connectivity index is 0.0000732. The maximum Gasteiger partial charge on any atom is 2.00 e. The molecule has 0 radical (unpaired) electrons. The summed E-state index contributed by atoms with van der Waals surface area (Å²) >= 11 is 0. The summed E-state index contributed by atoms with van der Waals surface area (Å²) in [5, 5.41) is 0. The molecule has 0 aliphatic rings. The van der Waals surface area contributed by atoms with E-state index in [9.17, 15) is 0 Å². The smallest absolute Gasteiger partial charge is 0.254 e. The molecule has 0 amide bonds. The standard InChI is InChI=1S/C118H200N2.Ni/c1-12-23-34-44-54-64-74-84-95-107-109(97-86-76-66-56-46-36-25-14-3)113(101-90-80-70-60-50-40-29-18-7)117(114(102-91-81-71-61-51-41-30-19-8)110(107)98-87-77-67-57-47-37-26-15-4)119-105-106(94-33-22-11)120-118-115(103-92-82-72-62-52-42-31-20-9)111(99-88-78-68-58-48-38-27-16-5)108(96-85-75-65-55-45-35-24-13-2)112(100-89-79-69-59-49-39-28-17-6)116(118)104-93-83-73-63-53-43-32-21-10;/h64-83,105H,12-63,84-104H2,1-11H3;/q;+2/b74-64+,75-65+,76-66+,77-67+,78-68+,79-69+,80-70+,81-71+,82-72+,83-73+,119-105?,120-106?;. The van der Waals surface area contributed by atoms with Crippen LogP contribution in [0.15, 0.2) is 132 Å². The predicted molar refractivity (Wildman–Crippen MR) is 550 cm³/mol. The van der Waals surface area contributed by atoms with Gasteiger partial charge in [0.2, 0.25) is 0 Å². The van der Waals surface area contributed by atoms with Crippen LogP contribution in [0.25, 0.3) is 0 Å². The second-order valence-corrected chi connectivity index (χ2v) is 36.0. The van der Waals surface area contributed by atoms with Gasteiger partial charge in [0.25, 0.3) is 0 Å². The Hall–Kier alpha value is -4.33. The molecule has 2 nitrogen and oxygen atoms in total. The van der Waals surface area contributed by atoms with Gasteiger partial charge in [-0.05, 0) is 325 Å². The van der Waals surface area contributed by atoms with Gasteiger partial charge in [-0.2, -0.15) is 0 Å². The summed E-state index contributed by atoms with van der Waals surface area (Å²) in [4.78, 5) is 12.9. The van der Waals surface area contributed by atoms with Crippen molar-refractivity contribution in [2.45, 2.75) is 545 Å². The van der Waals surface area contributed by atoms with Crippen molar-refractivity contribution >= 4 is 23.3 Å². The Morgan fingerprint density at radius 1 is 0.165 bits per heavy atom. The molecule has 0 saturated heterocycles. The molecule has 0 aliphatic carbocycles. The Kier molecular flexibility index (Phi) is 84.4. The van der Waals surface area contributed by atoms with E-state index in [2.05, 4.69) is 204 Å². The van der Waals surface area contributed by atoms with Gasteiger partial charge in [-0.15, -0.1) is 0 Å². The molecule has 0 aliphatic heterocycles. The molecule has 2 aromatic carbocycles. The summed E-state index contributed by atoms with van der Waals surface area (Å²) in [6.07, 6.45) is 142. The van der Waals surface area contributed by atoms with Crippen LogP contribution in [0.3, 0.4) is 0 Å². The Bertz CT molecular complexity index is 2890. The number of benzene rings is 2. The maximum atomic E-state index is 6.54. The zero-order valence-electron chi connectivity index (χ0n) is 82.5. The number of allylic oxidation sites excluding steroid dienone is 20. The van der Waals surface area contributed by atoms with Gasteiger partial charge in [0.1, 0.15) is 0 Å². The molecule has 690 valence electrons. The van der Waals surface area contributed by atoms with Crippen molar-refractivity contribution in [1.29, 1.82) is 0 Å². The fraction of sp³-hybridized carbons (Fsp3) is 0.712. The zero-order chi connectivity index (χ0) is 86.4.